The molecule has 1 aliphatic rings. The number of carbonyl (C=O) groups excluding carboxylic acids is 2. The topological polar surface area (TPSA) is 99.0 Å². The highest BCUT2D eigenvalue weighted by Gasteiger charge is 2.33. The molecule has 1 aromatic rings. The highest BCUT2D eigenvalue weighted by molar-refractivity contribution is 6.05. The molecule has 2 rings (SSSR count). The van der Waals surface area contributed by atoms with E-state index in [0.29, 0.717) is 12.1 Å². The van der Waals surface area contributed by atoms with Gasteiger partial charge in [0.25, 0.3) is 5.69 Å². The Labute approximate surface area is 145 Å². The van der Waals surface area contributed by atoms with Crippen LogP contribution in [0.2, 0.25) is 0 Å². The van der Waals surface area contributed by atoms with Crippen LogP contribution in [0.3, 0.4) is 0 Å². The minimum absolute atomic E-state index is 0.331. The predicted molar refractivity (Wildman–Crippen MR) is 84.8 cm³/mol. The molecule has 136 valence electrons. The van der Waals surface area contributed by atoms with Crippen molar-refractivity contribution in [2.75, 3.05) is 19.1 Å². The van der Waals surface area contributed by atoms with Crippen molar-refractivity contribution in [3.05, 3.63) is 69.6 Å². The Kier molecular flexibility index (Phi) is 5.45. The van der Waals surface area contributed by atoms with Crippen molar-refractivity contribution >= 4 is 23.3 Å². The van der Waals surface area contributed by atoms with Crippen LogP contribution >= 0.6 is 0 Å². The Morgan fingerprint density at radius 2 is 1.77 bits per heavy atom. The summed E-state index contributed by atoms with van der Waals surface area (Å²) < 4.78 is 37.0. The molecular formula is C16H12F2N2O6. The number of nitro benzene ring substituents is 1. The summed E-state index contributed by atoms with van der Waals surface area (Å²) in [6.07, 6.45) is 4.93. The molecule has 0 atom stereocenters. The molecule has 0 bridgehead atoms. The van der Waals surface area contributed by atoms with Gasteiger partial charge in [-0.15, -0.1) is 0 Å². The van der Waals surface area contributed by atoms with E-state index in [1.54, 1.807) is 0 Å². The Morgan fingerprint density at radius 1 is 1.12 bits per heavy atom. The second kappa shape index (κ2) is 7.55. The summed E-state index contributed by atoms with van der Waals surface area (Å²) in [5, 5.41) is 11.3. The summed E-state index contributed by atoms with van der Waals surface area (Å²) in [6, 6.07) is 0.915. The molecule has 10 heteroatoms. The zero-order chi connectivity index (χ0) is 19.4. The zero-order valence-corrected chi connectivity index (χ0v) is 13.6. The van der Waals surface area contributed by atoms with E-state index in [9.17, 15) is 28.5 Å². The molecule has 0 radical (unpaired) electrons. The van der Waals surface area contributed by atoms with E-state index < -0.39 is 45.6 Å². The second-order valence-electron chi connectivity index (χ2n) is 4.83. The lowest BCUT2D eigenvalue weighted by molar-refractivity contribution is -0.384. The van der Waals surface area contributed by atoms with Crippen molar-refractivity contribution in [1.29, 1.82) is 0 Å². The summed E-state index contributed by atoms with van der Waals surface area (Å²) >= 11 is 0. The highest BCUT2D eigenvalue weighted by Crippen LogP contribution is 2.36. The Hall–Kier alpha value is -3.56. The van der Waals surface area contributed by atoms with E-state index in [1.165, 1.54) is 18.2 Å². The van der Waals surface area contributed by atoms with Crippen LogP contribution in [0.5, 0.6) is 0 Å². The molecule has 0 saturated heterocycles. The Bertz CT molecular complexity index is 876. The van der Waals surface area contributed by atoms with Crippen LogP contribution < -0.4 is 4.90 Å². The van der Waals surface area contributed by atoms with Crippen molar-refractivity contribution in [1.82, 2.24) is 0 Å². The van der Waals surface area contributed by atoms with Crippen molar-refractivity contribution < 1.29 is 32.8 Å². The Morgan fingerprint density at radius 3 is 2.35 bits per heavy atom. The van der Waals surface area contributed by atoms with Crippen LogP contribution in [0.4, 0.5) is 20.2 Å². The lowest BCUT2D eigenvalue weighted by atomic mass is 10.1. The van der Waals surface area contributed by atoms with Gasteiger partial charge in [0.2, 0.25) is 0 Å². The number of nitro groups is 1. The van der Waals surface area contributed by atoms with Crippen molar-refractivity contribution in [2.24, 2.45) is 0 Å². The van der Waals surface area contributed by atoms with Crippen LogP contribution in [0.25, 0.3) is 0 Å². The third-order valence-corrected chi connectivity index (χ3v) is 3.33. The van der Waals surface area contributed by atoms with Gasteiger partial charge < -0.3 is 14.4 Å². The maximum Gasteiger partial charge on any atom is 0.355 e. The monoisotopic (exact) mass is 366 g/mol. The third-order valence-electron chi connectivity index (χ3n) is 3.33. The maximum atomic E-state index is 14.4. The first-order valence-electron chi connectivity index (χ1n) is 7.00. The number of anilines is 1. The number of nitrogens with zero attached hydrogens (tertiary/aromatic N) is 2. The molecule has 0 N–H and O–H groups in total. The Balaban J connectivity index is 2.84. The molecule has 26 heavy (non-hydrogen) atoms. The highest BCUT2D eigenvalue weighted by atomic mass is 19.1. The molecule has 0 saturated carbocycles. The van der Waals surface area contributed by atoms with Gasteiger partial charge >= 0.3 is 11.9 Å². The second-order valence-corrected chi connectivity index (χ2v) is 4.83. The molecule has 1 heterocycles. The summed E-state index contributed by atoms with van der Waals surface area (Å²) in [4.78, 5) is 35.2. The largest absolute Gasteiger partial charge is 0.465 e. The normalized spacial score (nSPS) is 13.5. The summed E-state index contributed by atoms with van der Waals surface area (Å²) in [5.41, 5.74) is -2.54. The number of hydrogen-bond donors (Lipinski definition) is 0. The first kappa shape index (κ1) is 18.8. The number of halogens is 2. The van der Waals surface area contributed by atoms with E-state index in [-0.39, 0.29) is 5.57 Å². The standard InChI is InChI=1S/C16H12F2N2O6/c1-25-15(21)10-5-3-4-6-19(13(10)16(22)26-2)14-11(18)7-9(17)8-12(14)20(23)24/h3-8H,1-2H3. The van der Waals surface area contributed by atoms with Gasteiger partial charge in [0, 0.05) is 12.3 Å². The van der Waals surface area contributed by atoms with Crippen molar-refractivity contribution in [3.8, 4) is 0 Å². The molecule has 0 unspecified atom stereocenters. The third kappa shape index (κ3) is 3.43. The number of esters is 2. The fraction of sp³-hybridized carbons (Fsp3) is 0.125. The van der Waals surface area contributed by atoms with Gasteiger partial charge in [0.15, 0.2) is 11.5 Å². The molecule has 0 aliphatic carbocycles. The number of carbonyl (C=O) groups is 2. The number of benzene rings is 1. The minimum Gasteiger partial charge on any atom is -0.465 e. The van der Waals surface area contributed by atoms with E-state index in [1.807, 2.05) is 0 Å². The lowest BCUT2D eigenvalue weighted by Crippen LogP contribution is -2.28. The fourth-order valence-electron chi connectivity index (χ4n) is 2.27. The average Bonchev–Trinajstić information content (AvgIpc) is 2.82. The van der Waals surface area contributed by atoms with E-state index in [0.717, 1.165) is 25.3 Å². The number of methoxy groups -OCH3 is 2. The van der Waals surface area contributed by atoms with E-state index in [4.69, 9.17) is 0 Å². The van der Waals surface area contributed by atoms with Crippen molar-refractivity contribution in [3.63, 3.8) is 0 Å². The van der Waals surface area contributed by atoms with Gasteiger partial charge in [-0.2, -0.15) is 0 Å². The van der Waals surface area contributed by atoms with Crippen LogP contribution in [0.1, 0.15) is 0 Å². The molecular weight excluding hydrogens is 354 g/mol. The molecule has 8 nitrogen and oxygen atoms in total. The quantitative estimate of drug-likeness (QED) is 0.458. The molecule has 0 spiro atoms. The van der Waals surface area contributed by atoms with Gasteiger partial charge in [-0.05, 0) is 12.2 Å². The van der Waals surface area contributed by atoms with Crippen LogP contribution in [-0.4, -0.2) is 31.1 Å². The van der Waals surface area contributed by atoms with Gasteiger partial charge in [0.05, 0.1) is 30.8 Å². The zero-order valence-electron chi connectivity index (χ0n) is 13.6. The van der Waals surface area contributed by atoms with Gasteiger partial charge in [-0.25, -0.2) is 18.4 Å². The first-order chi connectivity index (χ1) is 12.3. The number of allylic oxidation sites excluding steroid dienone is 2. The summed E-state index contributed by atoms with van der Waals surface area (Å²) in [6.45, 7) is 0. The molecule has 0 aromatic heterocycles. The smallest absolute Gasteiger partial charge is 0.355 e. The first-order valence-corrected chi connectivity index (χ1v) is 7.00. The van der Waals surface area contributed by atoms with Crippen molar-refractivity contribution in [2.45, 2.75) is 0 Å². The van der Waals surface area contributed by atoms with Crippen LogP contribution in [-0.2, 0) is 19.1 Å². The summed E-state index contributed by atoms with van der Waals surface area (Å²) in [5.74, 6) is -4.53. The summed E-state index contributed by atoms with van der Waals surface area (Å²) in [7, 11) is 2.07. The van der Waals surface area contributed by atoms with E-state index in [2.05, 4.69) is 9.47 Å². The lowest BCUT2D eigenvalue weighted by Gasteiger charge is -2.23. The number of rotatable bonds is 4. The van der Waals surface area contributed by atoms with Crippen LogP contribution in [0, 0.1) is 21.7 Å². The number of hydrogen-bond acceptors (Lipinski definition) is 7. The van der Waals surface area contributed by atoms with Gasteiger partial charge in [-0.3, -0.25) is 10.1 Å². The maximum absolute atomic E-state index is 14.4. The fourth-order valence-corrected chi connectivity index (χ4v) is 2.27. The average molecular weight is 366 g/mol. The minimum atomic E-state index is -1.31. The molecule has 1 aromatic carbocycles. The molecule has 0 fully saturated rings. The van der Waals surface area contributed by atoms with E-state index >= 15 is 0 Å². The SMILES string of the molecule is COC(=O)C1=C(C(=O)OC)N(c2c(F)cc(F)cc2[N+](=O)[O-])C=CC=C1. The predicted octanol–water partition coefficient (Wildman–Crippen LogP) is 2.36. The van der Waals surface area contributed by atoms with Gasteiger partial charge in [0.1, 0.15) is 11.5 Å². The molecule has 0 amide bonds. The van der Waals surface area contributed by atoms with Gasteiger partial charge in [-0.1, -0.05) is 6.08 Å². The molecule has 1 aliphatic heterocycles. The number of ether oxygens (including phenoxy) is 2. The van der Waals surface area contributed by atoms with Crippen LogP contribution in [0.15, 0.2) is 47.8 Å².